The molecule has 2 aromatic rings. The zero-order chi connectivity index (χ0) is 15.4. The minimum Gasteiger partial charge on any atom is -0.434 e. The molecule has 0 bridgehead atoms. The molecule has 0 aliphatic rings. The van der Waals surface area contributed by atoms with Gasteiger partial charge in [0.2, 0.25) is 0 Å². The molecule has 0 fully saturated rings. The molecule has 7 heteroatoms. The van der Waals surface area contributed by atoms with Crippen LogP contribution in [0.1, 0.15) is 5.56 Å². The maximum atomic E-state index is 13.5. The Labute approximate surface area is 123 Å². The summed E-state index contributed by atoms with van der Waals surface area (Å²) in [4.78, 5) is 0. The van der Waals surface area contributed by atoms with Gasteiger partial charge in [0.1, 0.15) is 23.1 Å². The molecule has 0 aliphatic carbocycles. The fraction of sp³-hybridized carbons (Fsp3) is 0.143. The van der Waals surface area contributed by atoms with Crippen LogP contribution in [0.2, 0.25) is 5.02 Å². The quantitative estimate of drug-likeness (QED) is 0.797. The van der Waals surface area contributed by atoms with E-state index >= 15 is 0 Å². The molecule has 0 heterocycles. The van der Waals surface area contributed by atoms with Crippen molar-refractivity contribution in [2.75, 3.05) is 5.32 Å². The number of nitrogens with one attached hydrogen (secondary N) is 1. The lowest BCUT2D eigenvalue weighted by molar-refractivity contribution is -0.0504. The Morgan fingerprint density at radius 2 is 1.76 bits per heavy atom. The summed E-state index contributed by atoms with van der Waals surface area (Å²) in [6.07, 6.45) is 0. The molecular weight excluding hydrogens is 310 g/mol. The first-order valence-electron chi connectivity index (χ1n) is 5.88. The van der Waals surface area contributed by atoms with Crippen LogP contribution >= 0.6 is 11.6 Å². The molecule has 0 aromatic heterocycles. The van der Waals surface area contributed by atoms with E-state index in [2.05, 4.69) is 10.1 Å². The number of hydrogen-bond donors (Lipinski definition) is 1. The van der Waals surface area contributed by atoms with Crippen molar-refractivity contribution >= 4 is 17.3 Å². The van der Waals surface area contributed by atoms with E-state index in [1.165, 1.54) is 24.3 Å². The minimum absolute atomic E-state index is 0.112. The van der Waals surface area contributed by atoms with E-state index in [0.29, 0.717) is 5.02 Å². The van der Waals surface area contributed by atoms with E-state index in [1.54, 1.807) is 0 Å². The summed E-state index contributed by atoms with van der Waals surface area (Å²) >= 11 is 5.78. The molecule has 2 aromatic carbocycles. The Bertz CT molecular complexity index is 616. The molecule has 0 unspecified atom stereocenters. The predicted octanol–water partition coefficient (Wildman–Crippen LogP) is 4.83. The Balaban J connectivity index is 2.21. The third kappa shape index (κ3) is 4.01. The first-order chi connectivity index (χ1) is 9.97. The van der Waals surface area contributed by atoms with Crippen LogP contribution in [0.5, 0.6) is 5.75 Å². The highest BCUT2D eigenvalue weighted by atomic mass is 35.5. The lowest BCUT2D eigenvalue weighted by atomic mass is 10.2. The van der Waals surface area contributed by atoms with Crippen molar-refractivity contribution in [3.8, 4) is 5.75 Å². The van der Waals surface area contributed by atoms with Crippen LogP contribution in [0.4, 0.5) is 23.2 Å². The van der Waals surface area contributed by atoms with Crippen LogP contribution in [0.15, 0.2) is 36.4 Å². The molecule has 21 heavy (non-hydrogen) atoms. The lowest BCUT2D eigenvalue weighted by Crippen LogP contribution is -2.08. The standard InChI is InChI=1S/C14H10ClF4NO/c15-9-4-5-12(21-14(18)19)8(6-9)7-20-13-10(16)2-1-3-11(13)17/h1-6,14,20H,7H2. The second-order valence-corrected chi connectivity index (χ2v) is 4.52. The number of rotatable bonds is 5. The van der Waals surface area contributed by atoms with Crippen molar-refractivity contribution in [2.24, 2.45) is 0 Å². The first-order valence-corrected chi connectivity index (χ1v) is 6.26. The number of para-hydroxylation sites is 1. The zero-order valence-corrected chi connectivity index (χ0v) is 11.3. The molecule has 0 spiro atoms. The Hall–Kier alpha value is -1.95. The molecule has 2 rings (SSSR count). The van der Waals surface area contributed by atoms with Crippen molar-refractivity contribution in [1.29, 1.82) is 0 Å². The van der Waals surface area contributed by atoms with E-state index < -0.39 is 18.2 Å². The van der Waals surface area contributed by atoms with Gasteiger partial charge in [0.25, 0.3) is 0 Å². The topological polar surface area (TPSA) is 21.3 Å². The summed E-state index contributed by atoms with van der Waals surface area (Å²) in [6.45, 7) is -3.13. The summed E-state index contributed by atoms with van der Waals surface area (Å²) in [5, 5.41) is 2.80. The van der Waals surface area contributed by atoms with Crippen molar-refractivity contribution in [2.45, 2.75) is 13.2 Å². The Morgan fingerprint density at radius 1 is 1.10 bits per heavy atom. The van der Waals surface area contributed by atoms with E-state index in [0.717, 1.165) is 12.1 Å². The largest absolute Gasteiger partial charge is 0.434 e. The summed E-state index contributed by atoms with van der Waals surface area (Å²) < 4.78 is 55.9. The molecule has 0 atom stereocenters. The van der Waals surface area contributed by atoms with E-state index in [9.17, 15) is 17.6 Å². The SMILES string of the molecule is Fc1cccc(F)c1NCc1cc(Cl)ccc1OC(F)F. The highest BCUT2D eigenvalue weighted by Gasteiger charge is 2.12. The molecule has 1 N–H and O–H groups in total. The van der Waals surface area contributed by atoms with Crippen LogP contribution in [0.3, 0.4) is 0 Å². The van der Waals surface area contributed by atoms with Crippen LogP contribution in [-0.2, 0) is 6.54 Å². The normalized spacial score (nSPS) is 10.8. The van der Waals surface area contributed by atoms with Crippen molar-refractivity contribution in [3.63, 3.8) is 0 Å². The second-order valence-electron chi connectivity index (χ2n) is 4.08. The zero-order valence-electron chi connectivity index (χ0n) is 10.5. The molecule has 0 saturated carbocycles. The van der Waals surface area contributed by atoms with Gasteiger partial charge in [-0.25, -0.2) is 8.78 Å². The van der Waals surface area contributed by atoms with Gasteiger partial charge >= 0.3 is 6.61 Å². The summed E-state index contributed by atoms with van der Waals surface area (Å²) in [6, 6.07) is 7.42. The van der Waals surface area contributed by atoms with E-state index in [1.807, 2.05) is 0 Å². The summed E-state index contributed by atoms with van der Waals surface area (Å²) in [7, 11) is 0. The van der Waals surface area contributed by atoms with Crippen molar-refractivity contribution in [3.05, 3.63) is 58.6 Å². The highest BCUT2D eigenvalue weighted by Crippen LogP contribution is 2.26. The van der Waals surface area contributed by atoms with Crippen LogP contribution in [0.25, 0.3) is 0 Å². The number of ether oxygens (including phenoxy) is 1. The van der Waals surface area contributed by atoms with Crippen LogP contribution < -0.4 is 10.1 Å². The smallest absolute Gasteiger partial charge is 0.387 e. The molecular formula is C14H10ClF4NO. The van der Waals surface area contributed by atoms with Gasteiger partial charge in [0, 0.05) is 17.1 Å². The number of hydrogen-bond acceptors (Lipinski definition) is 2. The average molecular weight is 320 g/mol. The maximum absolute atomic E-state index is 13.5. The summed E-state index contributed by atoms with van der Waals surface area (Å²) in [5.41, 5.74) is -0.0917. The van der Waals surface area contributed by atoms with Gasteiger partial charge in [0.15, 0.2) is 0 Å². The van der Waals surface area contributed by atoms with Gasteiger partial charge < -0.3 is 10.1 Å². The molecule has 0 radical (unpaired) electrons. The van der Waals surface area contributed by atoms with Gasteiger partial charge in [0.05, 0.1) is 0 Å². The van der Waals surface area contributed by atoms with E-state index in [-0.39, 0.29) is 23.5 Å². The number of benzene rings is 2. The monoisotopic (exact) mass is 319 g/mol. The Morgan fingerprint density at radius 3 is 2.38 bits per heavy atom. The van der Waals surface area contributed by atoms with Gasteiger partial charge in [-0.2, -0.15) is 8.78 Å². The Kier molecular flexibility index (Phi) is 4.90. The van der Waals surface area contributed by atoms with Crippen LogP contribution in [0, 0.1) is 11.6 Å². The molecule has 112 valence electrons. The third-order valence-corrected chi connectivity index (χ3v) is 2.89. The number of alkyl halides is 2. The maximum Gasteiger partial charge on any atom is 0.387 e. The van der Waals surface area contributed by atoms with Crippen LogP contribution in [-0.4, -0.2) is 6.61 Å². The lowest BCUT2D eigenvalue weighted by Gasteiger charge is -2.13. The fourth-order valence-electron chi connectivity index (χ4n) is 1.75. The second kappa shape index (κ2) is 6.67. The van der Waals surface area contributed by atoms with Crippen molar-refractivity contribution in [1.82, 2.24) is 0 Å². The van der Waals surface area contributed by atoms with Gasteiger partial charge in [-0.1, -0.05) is 17.7 Å². The number of anilines is 1. The molecule has 0 aliphatic heterocycles. The van der Waals surface area contributed by atoms with Gasteiger partial charge in [-0.3, -0.25) is 0 Å². The highest BCUT2D eigenvalue weighted by molar-refractivity contribution is 6.30. The van der Waals surface area contributed by atoms with E-state index in [4.69, 9.17) is 11.6 Å². The predicted molar refractivity (Wildman–Crippen MR) is 71.8 cm³/mol. The number of halogens is 5. The molecule has 2 nitrogen and oxygen atoms in total. The van der Waals surface area contributed by atoms with Crippen molar-refractivity contribution < 1.29 is 22.3 Å². The fourth-order valence-corrected chi connectivity index (χ4v) is 1.94. The third-order valence-electron chi connectivity index (χ3n) is 2.66. The van der Waals surface area contributed by atoms with Gasteiger partial charge in [-0.05, 0) is 30.3 Å². The molecule has 0 saturated heterocycles. The summed E-state index contributed by atoms with van der Waals surface area (Å²) in [5.74, 6) is -1.68. The molecule has 0 amide bonds. The minimum atomic E-state index is -3.00. The first kappa shape index (κ1) is 15.4. The average Bonchev–Trinajstić information content (AvgIpc) is 2.40. The van der Waals surface area contributed by atoms with Gasteiger partial charge in [-0.15, -0.1) is 0 Å².